The van der Waals surface area contributed by atoms with E-state index in [9.17, 15) is 38.7 Å². The zero-order valence-electron chi connectivity index (χ0n) is 36.4. The lowest BCUT2D eigenvalue weighted by molar-refractivity contribution is -0.143. The number of para-hydroxylation sites is 1. The lowest BCUT2D eigenvalue weighted by Gasteiger charge is -2.33. The summed E-state index contributed by atoms with van der Waals surface area (Å²) in [5, 5.41) is 24.6. The number of aliphatic carboxylic acids is 1. The SMILES string of the molecule is CN[C@@H](CCCN=C(N)N)C(=O)N[C@@H](CCCCN)C(=O)N1CCC[C@H]1C(=O)N[C@@H](Cc1cn(C=O)c2ccccc12)C(=O)N[C@H](C(=O)N[C@@H](CC(C)C)C(=O)O)C(C)(C)C. The Labute approximate surface area is 357 Å². The standard InChI is InChI=1S/C42H67N11O8/c1-25(2)21-31(40(60)61)50-38(58)34(42(3,4)5)51-36(56)30(22-26-23-52(24-54)32-16-8-7-13-27(26)32)49-37(57)33-17-12-20-53(33)39(59)29(14-9-10-18-43)48-35(55)28(46-6)15-11-19-47-41(44)45/h7-8,13,16,23-25,28-31,33-34,46H,9-12,14-15,17-22,43H2,1-6H3,(H,48,55)(H,49,57)(H,50,58)(H,51,56)(H,60,61)(H4,44,45,47)/t28-,29-,30-,31-,33-,34+/m0/s1. The molecule has 6 atom stereocenters. The molecule has 5 amide bonds. The number of hydrogen-bond acceptors (Lipinski definition) is 10. The van der Waals surface area contributed by atoms with Crippen LogP contribution in [0.25, 0.3) is 10.9 Å². The predicted octanol–water partition coefficient (Wildman–Crippen LogP) is 0.0997. The Morgan fingerprint density at radius 3 is 2.16 bits per heavy atom. The van der Waals surface area contributed by atoms with Gasteiger partial charge in [-0.05, 0) is 87.9 Å². The van der Waals surface area contributed by atoms with Gasteiger partial charge in [-0.2, -0.15) is 0 Å². The highest BCUT2D eigenvalue weighted by molar-refractivity contribution is 5.97. The maximum Gasteiger partial charge on any atom is 0.326 e. The lowest BCUT2D eigenvalue weighted by Crippen LogP contribution is -2.61. The smallest absolute Gasteiger partial charge is 0.326 e. The quantitative estimate of drug-likeness (QED) is 0.0294. The summed E-state index contributed by atoms with van der Waals surface area (Å²) >= 11 is 0. The first kappa shape index (κ1) is 49.8. The number of likely N-dealkylation sites (N-methyl/N-ethyl adjacent to an activating group) is 1. The van der Waals surface area contributed by atoms with E-state index in [1.54, 1.807) is 58.3 Å². The molecule has 338 valence electrons. The predicted molar refractivity (Wildman–Crippen MR) is 232 cm³/mol. The number of hydrogen-bond donors (Lipinski definition) is 9. The van der Waals surface area contributed by atoms with Gasteiger partial charge >= 0.3 is 5.97 Å². The van der Waals surface area contributed by atoms with Gasteiger partial charge in [0.15, 0.2) is 5.96 Å². The van der Waals surface area contributed by atoms with Crippen LogP contribution in [0.5, 0.6) is 0 Å². The number of carboxylic acids is 1. The molecule has 12 N–H and O–H groups in total. The molecule has 19 nitrogen and oxygen atoms in total. The number of nitrogens with two attached hydrogens (primary N) is 3. The van der Waals surface area contributed by atoms with Gasteiger partial charge in [-0.15, -0.1) is 0 Å². The van der Waals surface area contributed by atoms with Crippen molar-refractivity contribution in [2.24, 2.45) is 33.5 Å². The molecule has 0 radical (unpaired) electrons. The molecule has 0 spiro atoms. The van der Waals surface area contributed by atoms with Crippen molar-refractivity contribution in [3.05, 3.63) is 36.0 Å². The minimum atomic E-state index is -1.31. The molecule has 0 unspecified atom stereocenters. The maximum absolute atomic E-state index is 14.4. The fourth-order valence-corrected chi connectivity index (χ4v) is 7.53. The zero-order chi connectivity index (χ0) is 45.4. The van der Waals surface area contributed by atoms with Crippen molar-refractivity contribution in [2.75, 3.05) is 26.7 Å². The number of fused-ring (bicyclic) bond motifs is 1. The van der Waals surface area contributed by atoms with Crippen LogP contribution in [0, 0.1) is 11.3 Å². The van der Waals surface area contributed by atoms with Gasteiger partial charge in [0.25, 0.3) is 0 Å². The monoisotopic (exact) mass is 854 g/mol. The number of benzene rings is 1. The van der Waals surface area contributed by atoms with Crippen LogP contribution >= 0.6 is 0 Å². The molecule has 2 aromatic rings. The third-order valence-corrected chi connectivity index (χ3v) is 10.7. The number of rotatable bonds is 24. The Bertz CT molecular complexity index is 1870. The molecule has 3 rings (SSSR count). The summed E-state index contributed by atoms with van der Waals surface area (Å²) in [6.07, 6.45) is 5.34. The number of carbonyl (C=O) groups is 7. The molecule has 0 aliphatic carbocycles. The second-order valence-electron chi connectivity index (χ2n) is 17.1. The van der Waals surface area contributed by atoms with Gasteiger partial charge in [0, 0.05) is 31.1 Å². The first-order valence-corrected chi connectivity index (χ1v) is 21.0. The number of carboxylic acid groups (broad SMARTS) is 1. The second kappa shape index (κ2) is 23.4. The fraction of sp³-hybridized carbons (Fsp3) is 0.619. The summed E-state index contributed by atoms with van der Waals surface area (Å²) in [6, 6.07) is 0.725. The van der Waals surface area contributed by atoms with Gasteiger partial charge in [-0.25, -0.2) is 4.79 Å². The van der Waals surface area contributed by atoms with Crippen molar-refractivity contribution in [1.29, 1.82) is 0 Å². The van der Waals surface area contributed by atoms with E-state index in [2.05, 4.69) is 31.6 Å². The number of guanidine groups is 1. The number of amides is 5. The van der Waals surface area contributed by atoms with E-state index in [-0.39, 0.29) is 44.1 Å². The highest BCUT2D eigenvalue weighted by Crippen LogP contribution is 2.25. The van der Waals surface area contributed by atoms with E-state index in [1.807, 2.05) is 13.8 Å². The van der Waals surface area contributed by atoms with E-state index < -0.39 is 77.2 Å². The van der Waals surface area contributed by atoms with Crippen molar-refractivity contribution in [2.45, 2.75) is 129 Å². The number of nitrogens with zero attached hydrogens (tertiary/aromatic N) is 3. The number of aromatic nitrogens is 1. The Morgan fingerprint density at radius 1 is 0.902 bits per heavy atom. The average molecular weight is 854 g/mol. The molecule has 1 fully saturated rings. The number of carbonyl (C=O) groups excluding carboxylic acids is 6. The average Bonchev–Trinajstić information content (AvgIpc) is 3.83. The van der Waals surface area contributed by atoms with E-state index in [0.717, 1.165) is 0 Å². The van der Waals surface area contributed by atoms with E-state index in [4.69, 9.17) is 17.2 Å². The van der Waals surface area contributed by atoms with Crippen LogP contribution in [0.4, 0.5) is 0 Å². The molecule has 0 bridgehead atoms. The van der Waals surface area contributed by atoms with Gasteiger partial charge in [-0.3, -0.25) is 38.3 Å². The molecule has 0 saturated carbocycles. The van der Waals surface area contributed by atoms with Crippen LogP contribution in [0.15, 0.2) is 35.5 Å². The molecule has 1 aromatic carbocycles. The first-order valence-electron chi connectivity index (χ1n) is 21.0. The second-order valence-corrected chi connectivity index (χ2v) is 17.1. The molecule has 1 saturated heterocycles. The number of nitrogens with one attached hydrogen (secondary N) is 5. The highest BCUT2D eigenvalue weighted by Gasteiger charge is 2.41. The fourth-order valence-electron chi connectivity index (χ4n) is 7.53. The Kier molecular flexibility index (Phi) is 19.1. The summed E-state index contributed by atoms with van der Waals surface area (Å²) in [5.41, 5.74) is 16.8. The Hall–Kier alpha value is -5.56. The molecule has 2 heterocycles. The van der Waals surface area contributed by atoms with E-state index >= 15 is 0 Å². The third kappa shape index (κ3) is 14.5. The van der Waals surface area contributed by atoms with E-state index in [1.165, 1.54) is 9.47 Å². The summed E-state index contributed by atoms with van der Waals surface area (Å²) in [6.45, 7) is 9.76. The van der Waals surface area contributed by atoms with Crippen LogP contribution < -0.4 is 43.8 Å². The summed E-state index contributed by atoms with van der Waals surface area (Å²) < 4.78 is 1.37. The van der Waals surface area contributed by atoms with Crippen molar-refractivity contribution >= 4 is 58.8 Å². The van der Waals surface area contributed by atoms with Crippen molar-refractivity contribution in [3.63, 3.8) is 0 Å². The summed E-state index contributed by atoms with van der Waals surface area (Å²) in [7, 11) is 1.63. The molecule has 1 aromatic heterocycles. The van der Waals surface area contributed by atoms with Crippen molar-refractivity contribution in [3.8, 4) is 0 Å². The maximum atomic E-state index is 14.4. The van der Waals surface area contributed by atoms with Crippen LogP contribution in [0.1, 0.15) is 91.5 Å². The Morgan fingerprint density at radius 2 is 1.56 bits per heavy atom. The van der Waals surface area contributed by atoms with Gasteiger partial charge in [0.05, 0.1) is 11.6 Å². The lowest BCUT2D eigenvalue weighted by atomic mass is 9.85. The minimum absolute atomic E-state index is 0.0464. The van der Waals surface area contributed by atoms with Gasteiger partial charge in [-0.1, -0.05) is 52.8 Å². The third-order valence-electron chi connectivity index (χ3n) is 10.7. The minimum Gasteiger partial charge on any atom is -0.480 e. The molecule has 61 heavy (non-hydrogen) atoms. The summed E-state index contributed by atoms with van der Waals surface area (Å²) in [4.78, 5) is 99.7. The van der Waals surface area contributed by atoms with Gasteiger partial charge in [0.2, 0.25) is 35.9 Å². The molecular formula is C42H67N11O8. The topological polar surface area (TPSA) is 298 Å². The van der Waals surface area contributed by atoms with E-state index in [0.29, 0.717) is 68.1 Å². The molecule has 1 aliphatic rings. The number of likely N-dealkylation sites (tertiary alicyclic amines) is 1. The molecule has 1 aliphatic heterocycles. The van der Waals surface area contributed by atoms with Crippen molar-refractivity contribution < 1.29 is 38.7 Å². The van der Waals surface area contributed by atoms with Crippen LogP contribution in [0.3, 0.4) is 0 Å². The van der Waals surface area contributed by atoms with Gasteiger partial charge < -0.3 is 53.8 Å². The normalized spacial score (nSPS) is 16.5. The summed E-state index contributed by atoms with van der Waals surface area (Å²) in [5.74, 6) is -4.23. The van der Waals surface area contributed by atoms with Gasteiger partial charge in [0.1, 0.15) is 30.2 Å². The Balaban J connectivity index is 1.94. The largest absolute Gasteiger partial charge is 0.480 e. The van der Waals surface area contributed by atoms with Crippen LogP contribution in [-0.4, -0.2) is 125 Å². The van der Waals surface area contributed by atoms with Crippen LogP contribution in [0.2, 0.25) is 0 Å². The molecular weight excluding hydrogens is 787 g/mol. The zero-order valence-corrected chi connectivity index (χ0v) is 36.4. The number of unbranched alkanes of at least 4 members (excludes halogenated alkanes) is 1. The van der Waals surface area contributed by atoms with Crippen molar-refractivity contribution in [1.82, 2.24) is 36.1 Å². The van der Waals surface area contributed by atoms with Crippen LogP contribution in [-0.2, 0) is 40.0 Å². The number of aliphatic imine (C=N–C) groups is 1. The molecule has 19 heteroatoms. The first-order chi connectivity index (χ1) is 28.8. The highest BCUT2D eigenvalue weighted by atomic mass is 16.4.